The van der Waals surface area contributed by atoms with Gasteiger partial charge in [0.25, 0.3) is 0 Å². The molecule has 0 radical (unpaired) electrons. The summed E-state index contributed by atoms with van der Waals surface area (Å²) < 4.78 is 0. The number of anilines is 2. The van der Waals surface area contributed by atoms with Crippen LogP contribution in [-0.2, 0) is 0 Å². The summed E-state index contributed by atoms with van der Waals surface area (Å²) >= 11 is 0. The normalized spacial score (nSPS) is 15.2. The van der Waals surface area contributed by atoms with Gasteiger partial charge in [-0.2, -0.15) is 0 Å². The first-order valence-electron chi connectivity index (χ1n) is 7.32. The third-order valence-corrected chi connectivity index (χ3v) is 4.16. The molecule has 1 aromatic heterocycles. The second kappa shape index (κ2) is 5.67. The number of pyridine rings is 1. The van der Waals surface area contributed by atoms with Gasteiger partial charge in [0.1, 0.15) is 0 Å². The topological polar surface area (TPSA) is 62.4 Å². The van der Waals surface area contributed by atoms with Gasteiger partial charge in [-0.25, -0.2) is 0 Å². The van der Waals surface area contributed by atoms with Gasteiger partial charge in [-0.15, -0.1) is 0 Å². The van der Waals surface area contributed by atoms with E-state index < -0.39 is 0 Å². The number of nitrogen functional groups attached to an aromatic ring is 1. The summed E-state index contributed by atoms with van der Waals surface area (Å²) in [6.45, 7) is 1.11. The van der Waals surface area contributed by atoms with E-state index >= 15 is 0 Å². The van der Waals surface area contributed by atoms with Crippen LogP contribution in [-0.4, -0.2) is 29.3 Å². The lowest BCUT2D eigenvalue weighted by Gasteiger charge is -2.40. The van der Waals surface area contributed by atoms with E-state index in [1.807, 2.05) is 12.1 Å². The third-order valence-electron chi connectivity index (χ3n) is 4.16. The molecule has 0 aliphatic heterocycles. The van der Waals surface area contributed by atoms with E-state index in [4.69, 9.17) is 10.8 Å². The molecule has 0 unspecified atom stereocenters. The molecular weight excluding hydrogens is 250 g/mol. The molecular formula is C16H21N3O. The maximum atomic E-state index is 9.13. The van der Waals surface area contributed by atoms with Gasteiger partial charge in [-0.3, -0.25) is 4.98 Å². The van der Waals surface area contributed by atoms with Crippen molar-refractivity contribution in [3.63, 3.8) is 0 Å². The minimum Gasteiger partial charge on any atom is -0.397 e. The number of benzene rings is 1. The van der Waals surface area contributed by atoms with Gasteiger partial charge in [-0.05, 0) is 49.9 Å². The zero-order chi connectivity index (χ0) is 13.9. The summed E-state index contributed by atoms with van der Waals surface area (Å²) in [7, 11) is 0. The summed E-state index contributed by atoms with van der Waals surface area (Å²) in [5, 5.41) is 10.2. The number of nitrogens with zero attached hydrogens (tertiary/aromatic N) is 2. The van der Waals surface area contributed by atoms with Crippen molar-refractivity contribution in [1.82, 2.24) is 4.98 Å². The highest BCUT2D eigenvalue weighted by atomic mass is 16.3. The first kappa shape index (κ1) is 13.2. The number of hydrogen-bond donors (Lipinski definition) is 2. The molecule has 106 valence electrons. The maximum absolute atomic E-state index is 9.13. The van der Waals surface area contributed by atoms with Crippen molar-refractivity contribution in [3.8, 4) is 0 Å². The molecule has 1 fully saturated rings. The number of hydrogen-bond acceptors (Lipinski definition) is 4. The minimum absolute atomic E-state index is 0.231. The molecule has 0 amide bonds. The Hall–Kier alpha value is -1.81. The van der Waals surface area contributed by atoms with Crippen LogP contribution in [0.3, 0.4) is 0 Å². The Morgan fingerprint density at radius 3 is 2.85 bits per heavy atom. The average molecular weight is 271 g/mol. The van der Waals surface area contributed by atoms with Gasteiger partial charge in [0.15, 0.2) is 0 Å². The molecule has 0 spiro atoms. The Kier molecular flexibility index (Phi) is 3.74. The number of aromatic nitrogens is 1. The molecule has 3 rings (SSSR count). The molecule has 1 aliphatic rings. The minimum atomic E-state index is 0.231. The first-order chi connectivity index (χ1) is 9.81. The van der Waals surface area contributed by atoms with E-state index in [-0.39, 0.29) is 6.61 Å². The lowest BCUT2D eigenvalue weighted by atomic mass is 9.90. The maximum Gasteiger partial charge on any atom is 0.0951 e. The number of rotatable bonds is 5. The highest BCUT2D eigenvalue weighted by Gasteiger charge is 2.26. The summed E-state index contributed by atoms with van der Waals surface area (Å²) in [4.78, 5) is 6.83. The van der Waals surface area contributed by atoms with Gasteiger partial charge in [0.2, 0.25) is 0 Å². The standard InChI is InChI=1S/C16H21N3O/c17-14-7-8-15(13-6-2-9-18-16(13)14)19(10-3-11-20)12-4-1-5-12/h2,6-9,12,20H,1,3-5,10-11,17H2. The molecule has 2 aromatic rings. The highest BCUT2D eigenvalue weighted by Crippen LogP contribution is 2.35. The summed E-state index contributed by atoms with van der Waals surface area (Å²) in [5.74, 6) is 0. The molecule has 1 saturated carbocycles. The molecule has 1 heterocycles. The van der Waals surface area contributed by atoms with Crippen LogP contribution in [0.1, 0.15) is 25.7 Å². The van der Waals surface area contributed by atoms with Crippen molar-refractivity contribution in [1.29, 1.82) is 0 Å². The molecule has 0 atom stereocenters. The van der Waals surface area contributed by atoms with Gasteiger partial charge < -0.3 is 15.7 Å². The molecule has 1 aromatic carbocycles. The fourth-order valence-electron chi connectivity index (χ4n) is 2.87. The summed E-state index contributed by atoms with van der Waals surface area (Å²) in [6, 6.07) is 8.66. The summed E-state index contributed by atoms with van der Waals surface area (Å²) in [6.07, 6.45) is 6.34. The van der Waals surface area contributed by atoms with Crippen LogP contribution in [0.15, 0.2) is 30.5 Å². The van der Waals surface area contributed by atoms with Gasteiger partial charge in [0, 0.05) is 36.5 Å². The predicted octanol–water partition coefficient (Wildman–Crippen LogP) is 2.56. The Balaban J connectivity index is 2.03. The predicted molar refractivity (Wildman–Crippen MR) is 82.8 cm³/mol. The van der Waals surface area contributed by atoms with Crippen molar-refractivity contribution in [2.24, 2.45) is 0 Å². The fraction of sp³-hybridized carbons (Fsp3) is 0.438. The van der Waals surface area contributed by atoms with Gasteiger partial charge in [-0.1, -0.05) is 0 Å². The van der Waals surface area contributed by atoms with Crippen molar-refractivity contribution in [3.05, 3.63) is 30.5 Å². The Labute approximate surface area is 119 Å². The van der Waals surface area contributed by atoms with Gasteiger partial charge >= 0.3 is 0 Å². The van der Waals surface area contributed by atoms with Crippen molar-refractivity contribution >= 4 is 22.3 Å². The molecule has 3 N–H and O–H groups in total. The van der Waals surface area contributed by atoms with Crippen molar-refractivity contribution in [2.45, 2.75) is 31.7 Å². The molecule has 4 heteroatoms. The molecule has 20 heavy (non-hydrogen) atoms. The Bertz CT molecular complexity index is 595. The molecule has 0 saturated heterocycles. The highest BCUT2D eigenvalue weighted by molar-refractivity contribution is 5.98. The average Bonchev–Trinajstić information content (AvgIpc) is 2.42. The second-order valence-corrected chi connectivity index (χ2v) is 5.43. The third kappa shape index (κ3) is 2.31. The van der Waals surface area contributed by atoms with Gasteiger partial charge in [0.05, 0.1) is 11.2 Å². The fourth-order valence-corrected chi connectivity index (χ4v) is 2.87. The molecule has 4 nitrogen and oxygen atoms in total. The van der Waals surface area contributed by atoms with Crippen LogP contribution in [0.2, 0.25) is 0 Å². The van der Waals surface area contributed by atoms with Crippen molar-refractivity contribution < 1.29 is 5.11 Å². The van der Waals surface area contributed by atoms with E-state index in [0.717, 1.165) is 29.6 Å². The van der Waals surface area contributed by atoms with E-state index in [1.165, 1.54) is 24.9 Å². The smallest absolute Gasteiger partial charge is 0.0951 e. The number of fused-ring (bicyclic) bond motifs is 1. The SMILES string of the molecule is Nc1ccc(N(CCCO)C2CCC2)c2cccnc12. The molecule has 0 bridgehead atoms. The number of nitrogens with two attached hydrogens (primary N) is 1. The van der Waals surface area contributed by atoms with E-state index in [0.29, 0.717) is 6.04 Å². The summed E-state index contributed by atoms with van der Waals surface area (Å²) in [5.41, 5.74) is 8.82. The van der Waals surface area contributed by atoms with Crippen LogP contribution in [0.4, 0.5) is 11.4 Å². The van der Waals surface area contributed by atoms with E-state index in [9.17, 15) is 0 Å². The Morgan fingerprint density at radius 1 is 1.30 bits per heavy atom. The second-order valence-electron chi connectivity index (χ2n) is 5.43. The largest absolute Gasteiger partial charge is 0.397 e. The van der Waals surface area contributed by atoms with E-state index in [2.05, 4.69) is 22.0 Å². The van der Waals surface area contributed by atoms with E-state index in [1.54, 1.807) is 6.20 Å². The van der Waals surface area contributed by atoms with Crippen LogP contribution >= 0.6 is 0 Å². The Morgan fingerprint density at radius 2 is 2.15 bits per heavy atom. The molecule has 1 aliphatic carbocycles. The number of aliphatic hydroxyl groups excluding tert-OH is 1. The van der Waals surface area contributed by atoms with Crippen molar-refractivity contribution in [2.75, 3.05) is 23.8 Å². The monoisotopic (exact) mass is 271 g/mol. The van der Waals surface area contributed by atoms with Crippen LogP contribution in [0.5, 0.6) is 0 Å². The zero-order valence-corrected chi connectivity index (χ0v) is 11.6. The zero-order valence-electron chi connectivity index (χ0n) is 11.6. The van der Waals surface area contributed by atoms with Crippen LogP contribution < -0.4 is 10.6 Å². The first-order valence-corrected chi connectivity index (χ1v) is 7.32. The van der Waals surface area contributed by atoms with Crippen LogP contribution in [0, 0.1) is 0 Å². The number of aliphatic hydroxyl groups is 1. The quantitative estimate of drug-likeness (QED) is 0.820. The lowest BCUT2D eigenvalue weighted by Crippen LogP contribution is -2.41. The van der Waals surface area contributed by atoms with Crippen LogP contribution in [0.25, 0.3) is 10.9 Å². The lowest BCUT2D eigenvalue weighted by molar-refractivity contribution is 0.283.